The van der Waals surface area contributed by atoms with Gasteiger partial charge in [0.05, 0.1) is 0 Å². The third-order valence-corrected chi connectivity index (χ3v) is 2.42. The highest BCUT2D eigenvalue weighted by molar-refractivity contribution is 5.76. The molecule has 15 heavy (non-hydrogen) atoms. The standard InChI is InChI=1S/C11H25N3O/c1-5-14(10(2)9-13(3)4)11(15)7-6-8-12/h10H,5-9,12H2,1-4H3. The maximum Gasteiger partial charge on any atom is 0.222 e. The van der Waals surface area contributed by atoms with Crippen molar-refractivity contribution in [2.24, 2.45) is 5.73 Å². The van der Waals surface area contributed by atoms with Crippen molar-refractivity contribution in [2.75, 3.05) is 33.7 Å². The first-order valence-corrected chi connectivity index (χ1v) is 5.67. The first-order chi connectivity index (χ1) is 7.02. The zero-order valence-electron chi connectivity index (χ0n) is 10.5. The molecular formula is C11H25N3O. The Morgan fingerprint density at radius 1 is 1.40 bits per heavy atom. The molecule has 0 heterocycles. The van der Waals surface area contributed by atoms with E-state index in [4.69, 9.17) is 5.73 Å². The van der Waals surface area contributed by atoms with E-state index in [0.717, 1.165) is 19.5 Å². The average molecular weight is 215 g/mol. The Morgan fingerprint density at radius 2 is 2.00 bits per heavy atom. The van der Waals surface area contributed by atoms with Crippen LogP contribution in [0.1, 0.15) is 26.7 Å². The number of amides is 1. The topological polar surface area (TPSA) is 49.6 Å². The quantitative estimate of drug-likeness (QED) is 0.674. The maximum atomic E-state index is 11.8. The van der Waals surface area contributed by atoms with Gasteiger partial charge in [0.15, 0.2) is 0 Å². The van der Waals surface area contributed by atoms with Crippen molar-refractivity contribution in [1.82, 2.24) is 9.80 Å². The molecule has 0 rings (SSSR count). The lowest BCUT2D eigenvalue weighted by Gasteiger charge is -2.30. The minimum atomic E-state index is 0.220. The monoisotopic (exact) mass is 215 g/mol. The predicted octanol–water partition coefficient (Wildman–Crippen LogP) is 0.524. The largest absolute Gasteiger partial charge is 0.339 e. The van der Waals surface area contributed by atoms with Crippen LogP contribution in [-0.2, 0) is 4.79 Å². The van der Waals surface area contributed by atoms with E-state index >= 15 is 0 Å². The summed E-state index contributed by atoms with van der Waals surface area (Å²) in [6, 6.07) is 0.273. The molecule has 1 atom stereocenters. The van der Waals surface area contributed by atoms with Crippen LogP contribution in [0.5, 0.6) is 0 Å². The van der Waals surface area contributed by atoms with Crippen LogP contribution in [0.25, 0.3) is 0 Å². The number of nitrogens with zero attached hydrogens (tertiary/aromatic N) is 2. The summed E-state index contributed by atoms with van der Waals surface area (Å²) >= 11 is 0. The molecule has 0 aromatic carbocycles. The minimum absolute atomic E-state index is 0.220. The van der Waals surface area contributed by atoms with Crippen LogP contribution in [0.4, 0.5) is 0 Å². The Hall–Kier alpha value is -0.610. The zero-order chi connectivity index (χ0) is 11.8. The van der Waals surface area contributed by atoms with E-state index in [-0.39, 0.29) is 11.9 Å². The summed E-state index contributed by atoms with van der Waals surface area (Å²) in [5, 5.41) is 0. The second-order valence-electron chi connectivity index (χ2n) is 4.18. The molecule has 0 radical (unpaired) electrons. The number of likely N-dealkylation sites (N-methyl/N-ethyl adjacent to an activating group) is 2. The molecule has 4 nitrogen and oxygen atoms in total. The number of carbonyl (C=O) groups is 1. The Morgan fingerprint density at radius 3 is 2.40 bits per heavy atom. The van der Waals surface area contributed by atoms with Gasteiger partial charge in [-0.15, -0.1) is 0 Å². The van der Waals surface area contributed by atoms with Crippen LogP contribution < -0.4 is 5.73 Å². The second kappa shape index (κ2) is 7.65. The molecule has 0 saturated carbocycles. The third kappa shape index (κ3) is 5.74. The molecule has 0 aliphatic heterocycles. The smallest absolute Gasteiger partial charge is 0.222 e. The number of rotatable bonds is 7. The highest BCUT2D eigenvalue weighted by atomic mass is 16.2. The van der Waals surface area contributed by atoms with Crippen LogP contribution in [-0.4, -0.2) is 55.5 Å². The fourth-order valence-corrected chi connectivity index (χ4v) is 1.76. The average Bonchev–Trinajstić information content (AvgIpc) is 2.14. The maximum absolute atomic E-state index is 11.8. The van der Waals surface area contributed by atoms with Crippen LogP contribution in [0.15, 0.2) is 0 Å². The lowest BCUT2D eigenvalue weighted by molar-refractivity contribution is -0.133. The van der Waals surface area contributed by atoms with Gasteiger partial charge in [0.1, 0.15) is 0 Å². The van der Waals surface area contributed by atoms with E-state index in [9.17, 15) is 4.79 Å². The molecule has 1 unspecified atom stereocenters. The Balaban J connectivity index is 4.14. The summed E-state index contributed by atoms with van der Waals surface area (Å²) < 4.78 is 0. The molecule has 0 spiro atoms. The fraction of sp³-hybridized carbons (Fsp3) is 0.909. The van der Waals surface area contributed by atoms with Gasteiger partial charge >= 0.3 is 0 Å². The van der Waals surface area contributed by atoms with Gasteiger partial charge in [0.2, 0.25) is 5.91 Å². The van der Waals surface area contributed by atoms with Crippen LogP contribution in [0.2, 0.25) is 0 Å². The van der Waals surface area contributed by atoms with Gasteiger partial charge in [-0.3, -0.25) is 4.79 Å². The SMILES string of the molecule is CCN(C(=O)CCCN)C(C)CN(C)C. The molecule has 90 valence electrons. The van der Waals surface area contributed by atoms with Crippen molar-refractivity contribution in [2.45, 2.75) is 32.7 Å². The first-order valence-electron chi connectivity index (χ1n) is 5.67. The highest BCUT2D eigenvalue weighted by Gasteiger charge is 2.17. The molecule has 0 aromatic heterocycles. The molecular weight excluding hydrogens is 190 g/mol. The highest BCUT2D eigenvalue weighted by Crippen LogP contribution is 2.04. The second-order valence-corrected chi connectivity index (χ2v) is 4.18. The van der Waals surface area contributed by atoms with E-state index in [2.05, 4.69) is 11.8 Å². The molecule has 0 bridgehead atoms. The fourth-order valence-electron chi connectivity index (χ4n) is 1.76. The van der Waals surface area contributed by atoms with Crippen molar-refractivity contribution in [1.29, 1.82) is 0 Å². The first kappa shape index (κ1) is 14.4. The van der Waals surface area contributed by atoms with Gasteiger partial charge < -0.3 is 15.5 Å². The molecule has 2 N–H and O–H groups in total. The lowest BCUT2D eigenvalue weighted by atomic mass is 10.2. The van der Waals surface area contributed by atoms with E-state index < -0.39 is 0 Å². The summed E-state index contributed by atoms with van der Waals surface area (Å²) in [7, 11) is 4.05. The van der Waals surface area contributed by atoms with Gasteiger partial charge in [0.25, 0.3) is 0 Å². The normalized spacial score (nSPS) is 12.9. The molecule has 1 amide bonds. The summed E-state index contributed by atoms with van der Waals surface area (Å²) in [6.07, 6.45) is 1.35. The molecule has 0 aliphatic carbocycles. The van der Waals surface area contributed by atoms with Crippen molar-refractivity contribution >= 4 is 5.91 Å². The molecule has 0 aromatic rings. The van der Waals surface area contributed by atoms with Crippen molar-refractivity contribution < 1.29 is 4.79 Å². The summed E-state index contributed by atoms with van der Waals surface area (Å²) in [6.45, 7) is 6.38. The Kier molecular flexibility index (Phi) is 7.34. The number of carbonyl (C=O) groups excluding carboxylic acids is 1. The number of hydrogen-bond donors (Lipinski definition) is 1. The number of hydrogen-bond acceptors (Lipinski definition) is 3. The Labute approximate surface area is 93.4 Å². The van der Waals surface area contributed by atoms with Crippen LogP contribution in [0.3, 0.4) is 0 Å². The predicted molar refractivity (Wildman–Crippen MR) is 63.7 cm³/mol. The van der Waals surface area contributed by atoms with Gasteiger partial charge in [-0.05, 0) is 40.9 Å². The van der Waals surface area contributed by atoms with Gasteiger partial charge in [-0.25, -0.2) is 0 Å². The molecule has 4 heteroatoms. The van der Waals surface area contributed by atoms with Crippen LogP contribution in [0, 0.1) is 0 Å². The third-order valence-electron chi connectivity index (χ3n) is 2.42. The summed E-state index contributed by atoms with van der Waals surface area (Å²) in [5.74, 6) is 0.220. The molecule has 0 fully saturated rings. The van der Waals surface area contributed by atoms with E-state index in [1.807, 2.05) is 25.9 Å². The van der Waals surface area contributed by atoms with Gasteiger partial charge in [-0.2, -0.15) is 0 Å². The van der Waals surface area contributed by atoms with Crippen molar-refractivity contribution in [3.63, 3.8) is 0 Å². The van der Waals surface area contributed by atoms with Gasteiger partial charge in [0, 0.05) is 25.6 Å². The van der Waals surface area contributed by atoms with Gasteiger partial charge in [-0.1, -0.05) is 0 Å². The van der Waals surface area contributed by atoms with E-state index in [1.54, 1.807) is 0 Å². The molecule has 0 saturated heterocycles. The Bertz CT molecular complexity index is 183. The minimum Gasteiger partial charge on any atom is -0.339 e. The summed E-state index contributed by atoms with van der Waals surface area (Å²) in [4.78, 5) is 15.8. The molecule has 0 aliphatic rings. The van der Waals surface area contributed by atoms with Crippen LogP contribution >= 0.6 is 0 Å². The lowest BCUT2D eigenvalue weighted by Crippen LogP contribution is -2.43. The van der Waals surface area contributed by atoms with E-state index in [0.29, 0.717) is 13.0 Å². The van der Waals surface area contributed by atoms with E-state index in [1.165, 1.54) is 0 Å². The number of nitrogens with two attached hydrogens (primary N) is 1. The van der Waals surface area contributed by atoms with Crippen molar-refractivity contribution in [3.05, 3.63) is 0 Å². The summed E-state index contributed by atoms with van der Waals surface area (Å²) in [5.41, 5.74) is 5.40. The van der Waals surface area contributed by atoms with Crippen molar-refractivity contribution in [3.8, 4) is 0 Å². The zero-order valence-corrected chi connectivity index (χ0v) is 10.5.